The van der Waals surface area contributed by atoms with Crippen LogP contribution in [0.3, 0.4) is 0 Å². The predicted octanol–water partition coefficient (Wildman–Crippen LogP) is 2.24. The van der Waals surface area contributed by atoms with Gasteiger partial charge in [0.15, 0.2) is 0 Å². The van der Waals surface area contributed by atoms with Crippen molar-refractivity contribution < 1.29 is 0 Å². The minimum atomic E-state index is 0. The van der Waals surface area contributed by atoms with E-state index in [0.717, 1.165) is 16.5 Å². The van der Waals surface area contributed by atoms with E-state index in [2.05, 4.69) is 4.98 Å². The van der Waals surface area contributed by atoms with Crippen LogP contribution in [0.5, 0.6) is 0 Å². The SMILES string of the molecule is Cl.Nc1cccc2ccncc12. The molecule has 0 amide bonds. The number of hydrogen-bond acceptors (Lipinski definition) is 2. The van der Waals surface area contributed by atoms with Crippen LogP contribution in [0.15, 0.2) is 36.7 Å². The molecule has 0 aliphatic carbocycles. The highest BCUT2D eigenvalue weighted by atomic mass is 35.5. The summed E-state index contributed by atoms with van der Waals surface area (Å²) in [6.45, 7) is 0. The van der Waals surface area contributed by atoms with Crippen molar-refractivity contribution in [2.45, 2.75) is 0 Å². The van der Waals surface area contributed by atoms with Crippen molar-refractivity contribution in [3.05, 3.63) is 36.7 Å². The van der Waals surface area contributed by atoms with Crippen LogP contribution in [0.4, 0.5) is 5.69 Å². The van der Waals surface area contributed by atoms with Crippen LogP contribution >= 0.6 is 12.4 Å². The summed E-state index contributed by atoms with van der Waals surface area (Å²) in [7, 11) is 0. The Bertz CT molecular complexity index is 382. The lowest BCUT2D eigenvalue weighted by molar-refractivity contribution is 1.36. The van der Waals surface area contributed by atoms with Crippen molar-refractivity contribution >= 4 is 28.9 Å². The Morgan fingerprint density at radius 1 is 1.17 bits per heavy atom. The molecule has 0 unspecified atom stereocenters. The predicted molar refractivity (Wildman–Crippen MR) is 53.4 cm³/mol. The Kier molecular flexibility index (Phi) is 2.51. The van der Waals surface area contributed by atoms with E-state index in [0.29, 0.717) is 0 Å². The fourth-order valence-corrected chi connectivity index (χ4v) is 1.14. The first-order valence-corrected chi connectivity index (χ1v) is 3.46. The van der Waals surface area contributed by atoms with Gasteiger partial charge in [-0.25, -0.2) is 0 Å². The molecule has 12 heavy (non-hydrogen) atoms. The van der Waals surface area contributed by atoms with Crippen LogP contribution in [0, 0.1) is 0 Å². The lowest BCUT2D eigenvalue weighted by atomic mass is 10.1. The van der Waals surface area contributed by atoms with E-state index in [9.17, 15) is 0 Å². The van der Waals surface area contributed by atoms with E-state index in [1.165, 1.54) is 0 Å². The number of hydrogen-bond donors (Lipinski definition) is 1. The number of nitrogens with two attached hydrogens (primary N) is 1. The number of pyridine rings is 1. The number of nitrogens with zero attached hydrogens (tertiary/aromatic N) is 1. The molecule has 2 rings (SSSR count). The van der Waals surface area contributed by atoms with Gasteiger partial charge in [0.05, 0.1) is 0 Å². The van der Waals surface area contributed by atoms with Crippen LogP contribution in [0.1, 0.15) is 0 Å². The van der Waals surface area contributed by atoms with Crippen LogP contribution < -0.4 is 5.73 Å². The summed E-state index contributed by atoms with van der Waals surface area (Å²) in [5.74, 6) is 0. The number of fused-ring (bicyclic) bond motifs is 1. The van der Waals surface area contributed by atoms with Crippen molar-refractivity contribution in [2.24, 2.45) is 0 Å². The summed E-state index contributed by atoms with van der Waals surface area (Å²) in [6.07, 6.45) is 3.55. The smallest absolute Gasteiger partial charge is 0.0409 e. The summed E-state index contributed by atoms with van der Waals surface area (Å²) < 4.78 is 0. The Balaban J connectivity index is 0.000000720. The first-order valence-electron chi connectivity index (χ1n) is 3.46. The van der Waals surface area contributed by atoms with Gasteiger partial charge >= 0.3 is 0 Å². The highest BCUT2D eigenvalue weighted by Gasteiger charge is 1.93. The molecule has 0 saturated carbocycles. The van der Waals surface area contributed by atoms with Gasteiger partial charge in [-0.1, -0.05) is 12.1 Å². The Hall–Kier alpha value is -1.28. The Labute approximate surface area is 76.8 Å². The van der Waals surface area contributed by atoms with Gasteiger partial charge in [0.2, 0.25) is 0 Å². The summed E-state index contributed by atoms with van der Waals surface area (Å²) in [4.78, 5) is 3.99. The van der Waals surface area contributed by atoms with Gasteiger partial charge < -0.3 is 5.73 Å². The number of rotatable bonds is 0. The van der Waals surface area contributed by atoms with E-state index >= 15 is 0 Å². The zero-order valence-electron chi connectivity index (χ0n) is 6.40. The van der Waals surface area contributed by atoms with Crippen LogP contribution in [0.25, 0.3) is 10.8 Å². The van der Waals surface area contributed by atoms with E-state index in [-0.39, 0.29) is 12.4 Å². The minimum Gasteiger partial charge on any atom is -0.398 e. The van der Waals surface area contributed by atoms with Crippen LogP contribution in [-0.2, 0) is 0 Å². The quantitative estimate of drug-likeness (QED) is 0.632. The molecule has 1 heterocycles. The van der Waals surface area contributed by atoms with E-state index in [4.69, 9.17) is 5.73 Å². The fourth-order valence-electron chi connectivity index (χ4n) is 1.14. The lowest BCUT2D eigenvalue weighted by Crippen LogP contribution is -1.86. The topological polar surface area (TPSA) is 38.9 Å². The first kappa shape index (κ1) is 8.81. The molecule has 0 bridgehead atoms. The molecule has 3 heteroatoms. The van der Waals surface area contributed by atoms with Gasteiger partial charge in [0.1, 0.15) is 0 Å². The van der Waals surface area contributed by atoms with Gasteiger partial charge in [0.25, 0.3) is 0 Å². The highest BCUT2D eigenvalue weighted by Crippen LogP contribution is 2.18. The third kappa shape index (κ3) is 1.34. The van der Waals surface area contributed by atoms with Crippen molar-refractivity contribution in [1.82, 2.24) is 4.98 Å². The van der Waals surface area contributed by atoms with E-state index < -0.39 is 0 Å². The summed E-state index contributed by atoms with van der Waals surface area (Å²) in [5, 5.41) is 2.16. The molecular weight excluding hydrogens is 172 g/mol. The monoisotopic (exact) mass is 180 g/mol. The maximum absolute atomic E-state index is 5.72. The second-order valence-corrected chi connectivity index (χ2v) is 2.44. The maximum Gasteiger partial charge on any atom is 0.0409 e. The third-order valence-electron chi connectivity index (χ3n) is 1.72. The number of aromatic nitrogens is 1. The molecule has 0 fully saturated rings. The number of nitrogen functional groups attached to an aromatic ring is 1. The first-order chi connectivity index (χ1) is 5.38. The molecule has 0 aliphatic heterocycles. The van der Waals surface area contributed by atoms with Crippen molar-refractivity contribution in [3.8, 4) is 0 Å². The van der Waals surface area contributed by atoms with Crippen molar-refractivity contribution in [1.29, 1.82) is 0 Å². The average Bonchev–Trinajstić information content (AvgIpc) is 2.06. The third-order valence-corrected chi connectivity index (χ3v) is 1.72. The molecule has 2 aromatic rings. The summed E-state index contributed by atoms with van der Waals surface area (Å²) >= 11 is 0. The molecule has 1 aromatic carbocycles. The molecule has 0 atom stereocenters. The summed E-state index contributed by atoms with van der Waals surface area (Å²) in [6, 6.07) is 7.79. The highest BCUT2D eigenvalue weighted by molar-refractivity contribution is 5.91. The molecule has 2 nitrogen and oxygen atoms in total. The van der Waals surface area contributed by atoms with Gasteiger partial charge in [-0.05, 0) is 17.5 Å². The average molecular weight is 181 g/mol. The molecule has 1 aromatic heterocycles. The summed E-state index contributed by atoms with van der Waals surface area (Å²) in [5.41, 5.74) is 6.50. The lowest BCUT2D eigenvalue weighted by Gasteiger charge is -1.98. The fraction of sp³-hybridized carbons (Fsp3) is 0. The van der Waals surface area contributed by atoms with E-state index in [1.54, 1.807) is 12.4 Å². The van der Waals surface area contributed by atoms with Gasteiger partial charge in [-0.15, -0.1) is 12.4 Å². The molecule has 0 saturated heterocycles. The number of benzene rings is 1. The minimum absolute atomic E-state index is 0. The molecule has 62 valence electrons. The van der Waals surface area contributed by atoms with Crippen LogP contribution in [-0.4, -0.2) is 4.98 Å². The zero-order chi connectivity index (χ0) is 7.68. The normalized spacial score (nSPS) is 9.33. The second-order valence-electron chi connectivity index (χ2n) is 2.44. The van der Waals surface area contributed by atoms with Gasteiger partial charge in [0, 0.05) is 23.5 Å². The standard InChI is InChI=1S/C9H8N2.ClH/c10-9-3-1-2-7-4-5-11-6-8(7)9;/h1-6H,10H2;1H. The van der Waals surface area contributed by atoms with Crippen molar-refractivity contribution in [3.63, 3.8) is 0 Å². The number of halogens is 1. The molecule has 0 radical (unpaired) electrons. The van der Waals surface area contributed by atoms with Crippen molar-refractivity contribution in [2.75, 3.05) is 5.73 Å². The van der Waals surface area contributed by atoms with Gasteiger partial charge in [-0.2, -0.15) is 0 Å². The van der Waals surface area contributed by atoms with Gasteiger partial charge in [-0.3, -0.25) is 4.98 Å². The molecule has 0 spiro atoms. The second kappa shape index (κ2) is 3.41. The number of anilines is 1. The van der Waals surface area contributed by atoms with Crippen LogP contribution in [0.2, 0.25) is 0 Å². The Morgan fingerprint density at radius 2 is 2.00 bits per heavy atom. The largest absolute Gasteiger partial charge is 0.398 e. The van der Waals surface area contributed by atoms with E-state index in [1.807, 2.05) is 24.3 Å². The Morgan fingerprint density at radius 3 is 2.75 bits per heavy atom. The molecular formula is C9H9ClN2. The molecule has 2 N–H and O–H groups in total. The molecule has 0 aliphatic rings. The maximum atomic E-state index is 5.72. The zero-order valence-corrected chi connectivity index (χ0v) is 7.21.